The van der Waals surface area contributed by atoms with Gasteiger partial charge in [-0.1, -0.05) is 23.5 Å². The normalized spacial score (nSPS) is 15.4. The van der Waals surface area contributed by atoms with Crippen LogP contribution in [0.5, 0.6) is 0 Å². The number of para-hydroxylation sites is 1. The average Bonchev–Trinajstić information content (AvgIpc) is 2.94. The number of nitrogens with zero attached hydrogens (tertiary/aromatic N) is 4. The number of aromatic nitrogens is 2. The number of rotatable bonds is 5. The Bertz CT molecular complexity index is 615. The van der Waals surface area contributed by atoms with E-state index in [1.54, 1.807) is 6.07 Å². The SMILES string of the molecule is Cl.Nc1nnc(CCCN2CCN(c3ccccc3F)CC2)s1. The van der Waals surface area contributed by atoms with Crippen molar-refractivity contribution in [2.75, 3.05) is 43.4 Å². The van der Waals surface area contributed by atoms with E-state index in [1.807, 2.05) is 12.1 Å². The molecule has 5 nitrogen and oxygen atoms in total. The fraction of sp³-hybridized carbons (Fsp3) is 0.467. The van der Waals surface area contributed by atoms with Crippen molar-refractivity contribution in [2.24, 2.45) is 0 Å². The van der Waals surface area contributed by atoms with E-state index in [2.05, 4.69) is 20.0 Å². The van der Waals surface area contributed by atoms with E-state index in [-0.39, 0.29) is 18.2 Å². The molecule has 0 atom stereocenters. The number of hydrogen-bond acceptors (Lipinski definition) is 6. The topological polar surface area (TPSA) is 58.3 Å². The van der Waals surface area contributed by atoms with Crippen LogP contribution in [0.1, 0.15) is 11.4 Å². The Hall–Kier alpha value is -1.44. The van der Waals surface area contributed by atoms with Crippen LogP contribution in [-0.4, -0.2) is 47.8 Å². The van der Waals surface area contributed by atoms with Crippen LogP contribution in [0.4, 0.5) is 15.2 Å². The fourth-order valence-corrected chi connectivity index (χ4v) is 3.39. The van der Waals surface area contributed by atoms with Crippen molar-refractivity contribution in [3.05, 3.63) is 35.1 Å². The highest BCUT2D eigenvalue weighted by Gasteiger charge is 2.18. The summed E-state index contributed by atoms with van der Waals surface area (Å²) >= 11 is 1.46. The van der Waals surface area contributed by atoms with Gasteiger partial charge >= 0.3 is 0 Å². The summed E-state index contributed by atoms with van der Waals surface area (Å²) in [5.41, 5.74) is 6.29. The number of nitrogen functional groups attached to an aromatic ring is 1. The lowest BCUT2D eigenvalue weighted by atomic mass is 10.2. The quantitative estimate of drug-likeness (QED) is 0.890. The standard InChI is InChI=1S/C15H20FN5S.ClH/c16-12-4-1-2-5-13(12)21-10-8-20(9-11-21)7-3-6-14-18-19-15(17)22-14;/h1-2,4-5H,3,6-11H2,(H2,17,19);1H. The minimum Gasteiger partial charge on any atom is -0.374 e. The molecule has 3 rings (SSSR count). The number of aryl methyl sites for hydroxylation is 1. The van der Waals surface area contributed by atoms with Crippen molar-refractivity contribution in [2.45, 2.75) is 12.8 Å². The molecule has 23 heavy (non-hydrogen) atoms. The van der Waals surface area contributed by atoms with E-state index >= 15 is 0 Å². The molecule has 0 bridgehead atoms. The van der Waals surface area contributed by atoms with Gasteiger partial charge in [0.15, 0.2) is 0 Å². The third-order valence-electron chi connectivity index (χ3n) is 3.91. The lowest BCUT2D eigenvalue weighted by Crippen LogP contribution is -2.47. The van der Waals surface area contributed by atoms with Gasteiger partial charge in [-0.2, -0.15) is 0 Å². The van der Waals surface area contributed by atoms with E-state index in [1.165, 1.54) is 17.4 Å². The summed E-state index contributed by atoms with van der Waals surface area (Å²) in [4.78, 5) is 4.54. The highest BCUT2D eigenvalue weighted by Crippen LogP contribution is 2.20. The minimum atomic E-state index is -0.134. The summed E-state index contributed by atoms with van der Waals surface area (Å²) in [7, 11) is 0. The number of halogens is 2. The molecule has 0 spiro atoms. The van der Waals surface area contributed by atoms with Crippen LogP contribution in [0.25, 0.3) is 0 Å². The highest BCUT2D eigenvalue weighted by atomic mass is 35.5. The smallest absolute Gasteiger partial charge is 0.203 e. The lowest BCUT2D eigenvalue weighted by Gasteiger charge is -2.36. The van der Waals surface area contributed by atoms with Crippen molar-refractivity contribution >= 4 is 34.6 Å². The van der Waals surface area contributed by atoms with Crippen LogP contribution in [0.2, 0.25) is 0 Å². The van der Waals surface area contributed by atoms with Crippen molar-refractivity contribution in [3.8, 4) is 0 Å². The van der Waals surface area contributed by atoms with Crippen molar-refractivity contribution < 1.29 is 4.39 Å². The van der Waals surface area contributed by atoms with Gasteiger partial charge < -0.3 is 10.6 Å². The summed E-state index contributed by atoms with van der Waals surface area (Å²) in [6.45, 7) is 4.70. The molecule has 0 amide bonds. The first kappa shape index (κ1) is 17.9. The number of piperazine rings is 1. The van der Waals surface area contributed by atoms with Crippen LogP contribution in [-0.2, 0) is 6.42 Å². The lowest BCUT2D eigenvalue weighted by molar-refractivity contribution is 0.254. The van der Waals surface area contributed by atoms with Crippen LogP contribution in [0.15, 0.2) is 24.3 Å². The molecule has 2 heterocycles. The molecule has 126 valence electrons. The predicted octanol–water partition coefficient (Wildman–Crippen LogP) is 2.44. The van der Waals surface area contributed by atoms with Gasteiger partial charge in [0.2, 0.25) is 5.13 Å². The zero-order chi connectivity index (χ0) is 15.4. The Labute approximate surface area is 145 Å². The molecule has 0 saturated carbocycles. The summed E-state index contributed by atoms with van der Waals surface area (Å²) < 4.78 is 13.8. The third kappa shape index (κ3) is 4.76. The second kappa shape index (κ2) is 8.42. The summed E-state index contributed by atoms with van der Waals surface area (Å²) in [6.07, 6.45) is 1.97. The number of nitrogens with two attached hydrogens (primary N) is 1. The maximum absolute atomic E-state index is 13.8. The summed E-state index contributed by atoms with van der Waals surface area (Å²) in [5, 5.41) is 9.40. The van der Waals surface area contributed by atoms with E-state index in [4.69, 9.17) is 5.73 Å². The van der Waals surface area contributed by atoms with Gasteiger partial charge in [-0.05, 0) is 25.1 Å². The van der Waals surface area contributed by atoms with Gasteiger partial charge in [-0.25, -0.2) is 4.39 Å². The first-order chi connectivity index (χ1) is 10.7. The van der Waals surface area contributed by atoms with E-state index in [0.29, 0.717) is 10.8 Å². The Balaban J connectivity index is 0.00000192. The Morgan fingerprint density at radius 3 is 2.52 bits per heavy atom. The molecular weight excluding hydrogens is 337 g/mol. The van der Waals surface area contributed by atoms with Gasteiger partial charge in [0.1, 0.15) is 10.8 Å². The number of hydrogen-bond donors (Lipinski definition) is 1. The highest BCUT2D eigenvalue weighted by molar-refractivity contribution is 7.15. The molecule has 8 heteroatoms. The second-order valence-corrected chi connectivity index (χ2v) is 6.51. The maximum atomic E-state index is 13.8. The zero-order valence-electron chi connectivity index (χ0n) is 12.8. The van der Waals surface area contributed by atoms with Crippen LogP contribution < -0.4 is 10.6 Å². The Kier molecular flexibility index (Phi) is 6.56. The first-order valence-electron chi connectivity index (χ1n) is 7.52. The van der Waals surface area contributed by atoms with Crippen LogP contribution >= 0.6 is 23.7 Å². The van der Waals surface area contributed by atoms with Gasteiger partial charge in [0.05, 0.1) is 5.69 Å². The molecular formula is C15H21ClFN5S. The van der Waals surface area contributed by atoms with Gasteiger partial charge in [-0.15, -0.1) is 22.6 Å². The minimum absolute atomic E-state index is 0. The molecule has 0 unspecified atom stereocenters. The van der Waals surface area contributed by atoms with Crippen LogP contribution in [0, 0.1) is 5.82 Å². The van der Waals surface area contributed by atoms with Crippen molar-refractivity contribution in [1.82, 2.24) is 15.1 Å². The fourth-order valence-electron chi connectivity index (χ4n) is 2.74. The molecule has 1 aromatic heterocycles. The summed E-state index contributed by atoms with van der Waals surface area (Å²) in [5.74, 6) is -0.134. The van der Waals surface area contributed by atoms with Gasteiger partial charge in [0, 0.05) is 32.6 Å². The van der Waals surface area contributed by atoms with Crippen molar-refractivity contribution in [3.63, 3.8) is 0 Å². The zero-order valence-corrected chi connectivity index (χ0v) is 14.5. The molecule has 1 saturated heterocycles. The Morgan fingerprint density at radius 1 is 1.13 bits per heavy atom. The van der Waals surface area contributed by atoms with Crippen LogP contribution in [0.3, 0.4) is 0 Å². The predicted molar refractivity (Wildman–Crippen MR) is 94.9 cm³/mol. The first-order valence-corrected chi connectivity index (χ1v) is 8.34. The summed E-state index contributed by atoms with van der Waals surface area (Å²) in [6, 6.07) is 6.99. The Morgan fingerprint density at radius 2 is 1.87 bits per heavy atom. The van der Waals surface area contributed by atoms with E-state index in [0.717, 1.165) is 50.6 Å². The van der Waals surface area contributed by atoms with Gasteiger partial charge in [0.25, 0.3) is 0 Å². The average molecular weight is 358 g/mol. The molecule has 0 radical (unpaired) electrons. The molecule has 2 aromatic rings. The molecule has 1 aromatic carbocycles. The third-order valence-corrected chi connectivity index (χ3v) is 4.73. The molecule has 1 fully saturated rings. The molecule has 1 aliphatic rings. The molecule has 0 aliphatic carbocycles. The second-order valence-electron chi connectivity index (χ2n) is 5.42. The molecule has 1 aliphatic heterocycles. The number of benzene rings is 1. The van der Waals surface area contributed by atoms with Crippen molar-refractivity contribution in [1.29, 1.82) is 0 Å². The van der Waals surface area contributed by atoms with E-state index < -0.39 is 0 Å². The number of anilines is 2. The van der Waals surface area contributed by atoms with Gasteiger partial charge in [-0.3, -0.25) is 4.90 Å². The molecule has 2 N–H and O–H groups in total. The van der Waals surface area contributed by atoms with E-state index in [9.17, 15) is 4.39 Å². The monoisotopic (exact) mass is 357 g/mol. The maximum Gasteiger partial charge on any atom is 0.203 e. The largest absolute Gasteiger partial charge is 0.374 e.